The van der Waals surface area contributed by atoms with E-state index < -0.39 is 9.84 Å². The van der Waals surface area contributed by atoms with Gasteiger partial charge in [0.05, 0.1) is 11.5 Å². The lowest BCUT2D eigenvalue weighted by atomic mass is 10.3. The van der Waals surface area contributed by atoms with E-state index in [2.05, 4.69) is 11.8 Å². The number of thioether (sulfide) groups is 1. The van der Waals surface area contributed by atoms with E-state index in [0.29, 0.717) is 11.5 Å². The first-order chi connectivity index (χ1) is 6.71. The number of hydrogen-bond donors (Lipinski definition) is 0. The van der Waals surface area contributed by atoms with Crippen molar-refractivity contribution in [3.63, 3.8) is 0 Å². The molecule has 2 aliphatic heterocycles. The minimum absolute atomic E-state index is 0.424. The molecule has 2 rings (SSSR count). The van der Waals surface area contributed by atoms with Crippen molar-refractivity contribution in [3.05, 3.63) is 0 Å². The molecule has 2 saturated heterocycles. The Labute approximate surface area is 91.8 Å². The molecule has 0 unspecified atom stereocenters. The molecule has 0 atom stereocenters. The fourth-order valence-electron chi connectivity index (χ4n) is 1.61. The van der Waals surface area contributed by atoms with Crippen LogP contribution in [0.3, 0.4) is 0 Å². The molecule has 0 aliphatic carbocycles. The highest BCUT2D eigenvalue weighted by Gasteiger charge is 2.14. The highest BCUT2D eigenvalue weighted by molar-refractivity contribution is 7.99. The van der Waals surface area contributed by atoms with E-state index in [1.807, 2.05) is 0 Å². The Morgan fingerprint density at radius 3 is 1.43 bits per heavy atom. The third kappa shape index (κ3) is 5.91. The predicted octanol–water partition coefficient (Wildman–Crippen LogP) is 2.49. The van der Waals surface area contributed by atoms with Crippen molar-refractivity contribution in [1.82, 2.24) is 0 Å². The maximum Gasteiger partial charge on any atom is 0.150 e. The highest BCUT2D eigenvalue weighted by atomic mass is 32.2. The Hall–Kier alpha value is 0.300. The van der Waals surface area contributed by atoms with Gasteiger partial charge in [-0.2, -0.15) is 11.8 Å². The minimum Gasteiger partial charge on any atom is -0.229 e. The van der Waals surface area contributed by atoms with Gasteiger partial charge < -0.3 is 0 Å². The van der Waals surface area contributed by atoms with Crippen LogP contribution in [0.2, 0.25) is 0 Å². The second-order valence-corrected chi connectivity index (χ2v) is 7.41. The molecule has 2 nitrogen and oxygen atoms in total. The largest absolute Gasteiger partial charge is 0.229 e. The maximum atomic E-state index is 10.7. The fraction of sp³-hybridized carbons (Fsp3) is 1.00. The predicted molar refractivity (Wildman–Crippen MR) is 63.7 cm³/mol. The number of sulfone groups is 1. The molecule has 0 aromatic carbocycles. The van der Waals surface area contributed by atoms with Crippen LogP contribution < -0.4 is 0 Å². The van der Waals surface area contributed by atoms with Gasteiger partial charge in [0.1, 0.15) is 9.84 Å². The quantitative estimate of drug-likeness (QED) is 0.648. The van der Waals surface area contributed by atoms with Crippen LogP contribution in [0.25, 0.3) is 0 Å². The van der Waals surface area contributed by atoms with E-state index in [-0.39, 0.29) is 0 Å². The summed E-state index contributed by atoms with van der Waals surface area (Å²) in [6.45, 7) is 0. The monoisotopic (exact) mass is 236 g/mol. The van der Waals surface area contributed by atoms with Gasteiger partial charge in [-0.05, 0) is 37.2 Å². The smallest absolute Gasteiger partial charge is 0.150 e. The summed E-state index contributed by atoms with van der Waals surface area (Å²) in [5, 5.41) is 0. The minimum atomic E-state index is -2.58. The van der Waals surface area contributed by atoms with Crippen molar-refractivity contribution in [2.45, 2.75) is 38.5 Å². The van der Waals surface area contributed by atoms with E-state index in [1.165, 1.54) is 30.8 Å². The van der Waals surface area contributed by atoms with Gasteiger partial charge in [-0.3, -0.25) is 0 Å². The van der Waals surface area contributed by atoms with E-state index >= 15 is 0 Å². The van der Waals surface area contributed by atoms with Crippen molar-refractivity contribution >= 4 is 21.6 Å². The van der Waals surface area contributed by atoms with E-state index in [9.17, 15) is 8.42 Å². The molecular weight excluding hydrogens is 216 g/mol. The topological polar surface area (TPSA) is 34.1 Å². The lowest BCUT2D eigenvalue weighted by molar-refractivity contribution is 0.575. The second kappa shape index (κ2) is 6.72. The van der Waals surface area contributed by atoms with E-state index in [4.69, 9.17) is 0 Å². The van der Waals surface area contributed by atoms with Gasteiger partial charge in [0.15, 0.2) is 0 Å². The van der Waals surface area contributed by atoms with Crippen molar-refractivity contribution in [2.75, 3.05) is 23.0 Å². The maximum absolute atomic E-state index is 10.7. The van der Waals surface area contributed by atoms with Gasteiger partial charge in [-0.15, -0.1) is 0 Å². The molecule has 0 aromatic heterocycles. The SMILES string of the molecule is C1CCSCC1.O=S1(=O)CCCCC1. The van der Waals surface area contributed by atoms with Crippen LogP contribution in [0, 0.1) is 0 Å². The first-order valence-electron chi connectivity index (χ1n) is 5.49. The van der Waals surface area contributed by atoms with Crippen molar-refractivity contribution < 1.29 is 8.42 Å². The normalized spacial score (nSPS) is 26.0. The number of rotatable bonds is 0. The molecule has 0 N–H and O–H groups in total. The van der Waals surface area contributed by atoms with Crippen LogP contribution in [0.5, 0.6) is 0 Å². The molecule has 0 aromatic rings. The molecule has 0 saturated carbocycles. The van der Waals surface area contributed by atoms with E-state index in [1.54, 1.807) is 0 Å². The average molecular weight is 236 g/mol. The van der Waals surface area contributed by atoms with Gasteiger partial charge in [0.25, 0.3) is 0 Å². The van der Waals surface area contributed by atoms with Gasteiger partial charge in [-0.25, -0.2) is 8.42 Å². The fourth-order valence-corrected chi connectivity index (χ4v) is 4.12. The summed E-state index contributed by atoms with van der Waals surface area (Å²) >= 11 is 2.09. The molecule has 84 valence electrons. The molecule has 2 heterocycles. The molecule has 14 heavy (non-hydrogen) atoms. The van der Waals surface area contributed by atoms with Crippen molar-refractivity contribution in [3.8, 4) is 0 Å². The summed E-state index contributed by atoms with van der Waals surface area (Å²) in [6, 6.07) is 0. The molecule has 0 amide bonds. The summed E-state index contributed by atoms with van der Waals surface area (Å²) in [6.07, 6.45) is 7.26. The summed E-state index contributed by atoms with van der Waals surface area (Å²) in [4.78, 5) is 0. The molecule has 2 aliphatic rings. The van der Waals surface area contributed by atoms with Gasteiger partial charge in [-0.1, -0.05) is 12.8 Å². The van der Waals surface area contributed by atoms with Gasteiger partial charge >= 0.3 is 0 Å². The molecule has 2 fully saturated rings. The van der Waals surface area contributed by atoms with Crippen LogP contribution in [-0.2, 0) is 9.84 Å². The Bertz CT molecular complexity index is 207. The Morgan fingerprint density at radius 2 is 1.21 bits per heavy atom. The molecule has 0 spiro atoms. The van der Waals surface area contributed by atoms with Crippen molar-refractivity contribution in [1.29, 1.82) is 0 Å². The van der Waals surface area contributed by atoms with Crippen molar-refractivity contribution in [2.24, 2.45) is 0 Å². The van der Waals surface area contributed by atoms with Gasteiger partial charge in [0, 0.05) is 0 Å². The number of hydrogen-bond acceptors (Lipinski definition) is 3. The van der Waals surface area contributed by atoms with Crippen LogP contribution in [0.4, 0.5) is 0 Å². The lowest BCUT2D eigenvalue weighted by Crippen LogP contribution is -2.15. The van der Waals surface area contributed by atoms with E-state index in [0.717, 1.165) is 19.3 Å². The summed E-state index contributed by atoms with van der Waals surface area (Å²) in [5.74, 6) is 3.68. The zero-order valence-corrected chi connectivity index (χ0v) is 10.3. The van der Waals surface area contributed by atoms with Crippen LogP contribution in [-0.4, -0.2) is 31.4 Å². The lowest BCUT2D eigenvalue weighted by Gasteiger charge is -2.08. The standard InChI is InChI=1S/C5H10O2S.C5H10S/c6-8(7)4-2-1-3-5-8;1-2-4-6-5-3-1/h1-5H2;1-5H2. The summed E-state index contributed by atoms with van der Waals surface area (Å²) < 4.78 is 21.3. The first-order valence-corrected chi connectivity index (χ1v) is 8.46. The Morgan fingerprint density at radius 1 is 0.714 bits per heavy atom. The highest BCUT2D eigenvalue weighted by Crippen LogP contribution is 2.14. The Balaban J connectivity index is 0.000000146. The average Bonchev–Trinajstić information content (AvgIpc) is 2.21. The zero-order chi connectivity index (χ0) is 10.3. The summed E-state index contributed by atoms with van der Waals surface area (Å²) in [5.41, 5.74) is 0. The third-order valence-electron chi connectivity index (χ3n) is 2.49. The molecule has 0 bridgehead atoms. The first kappa shape index (κ1) is 12.4. The Kier molecular flexibility index (Phi) is 5.94. The van der Waals surface area contributed by atoms with Crippen LogP contribution in [0.1, 0.15) is 38.5 Å². The van der Waals surface area contributed by atoms with Crippen LogP contribution in [0.15, 0.2) is 0 Å². The third-order valence-corrected chi connectivity index (χ3v) is 5.46. The molecular formula is C10H20O2S2. The second-order valence-electron chi connectivity index (χ2n) is 3.89. The molecule has 0 radical (unpaired) electrons. The zero-order valence-electron chi connectivity index (χ0n) is 8.70. The van der Waals surface area contributed by atoms with Crippen LogP contribution >= 0.6 is 11.8 Å². The summed E-state index contributed by atoms with van der Waals surface area (Å²) in [7, 11) is -2.58. The van der Waals surface area contributed by atoms with Gasteiger partial charge in [0.2, 0.25) is 0 Å². The molecule has 4 heteroatoms.